The van der Waals surface area contributed by atoms with Gasteiger partial charge in [0.25, 0.3) is 0 Å². The van der Waals surface area contributed by atoms with Crippen molar-refractivity contribution in [1.82, 2.24) is 14.9 Å². The van der Waals surface area contributed by atoms with Crippen LogP contribution in [0.25, 0.3) is 11.3 Å². The van der Waals surface area contributed by atoms with E-state index in [1.807, 2.05) is 18.2 Å². The van der Waals surface area contributed by atoms with Gasteiger partial charge in [0.2, 0.25) is 11.7 Å². The Morgan fingerprint density at radius 2 is 1.72 bits per heavy atom. The molecule has 1 aliphatic rings. The largest absolute Gasteiger partial charge is 0.493 e. The molecule has 1 aliphatic heterocycles. The maximum absolute atomic E-state index is 5.94. The number of anilines is 2. The lowest BCUT2D eigenvalue weighted by Crippen LogP contribution is -2.37. The third-order valence-corrected chi connectivity index (χ3v) is 4.76. The van der Waals surface area contributed by atoms with Crippen molar-refractivity contribution < 1.29 is 18.9 Å². The summed E-state index contributed by atoms with van der Waals surface area (Å²) >= 11 is 0. The lowest BCUT2D eigenvalue weighted by Gasteiger charge is -2.26. The number of hydrogen-bond acceptors (Lipinski definition) is 9. The Morgan fingerprint density at radius 3 is 2.34 bits per heavy atom. The van der Waals surface area contributed by atoms with Gasteiger partial charge >= 0.3 is 0 Å². The first-order chi connectivity index (χ1) is 14.1. The van der Waals surface area contributed by atoms with Gasteiger partial charge in [-0.15, -0.1) is 0 Å². The average Bonchev–Trinajstić information content (AvgIpc) is 2.76. The van der Waals surface area contributed by atoms with E-state index >= 15 is 0 Å². The number of benzene rings is 1. The summed E-state index contributed by atoms with van der Waals surface area (Å²) in [4.78, 5) is 11.1. The molecule has 0 saturated carbocycles. The van der Waals surface area contributed by atoms with Crippen LogP contribution in [0.4, 0.5) is 11.8 Å². The molecular weight excluding hydrogens is 374 g/mol. The first-order valence-electron chi connectivity index (χ1n) is 9.63. The molecule has 29 heavy (non-hydrogen) atoms. The first-order valence-corrected chi connectivity index (χ1v) is 9.63. The van der Waals surface area contributed by atoms with E-state index in [-0.39, 0.29) is 5.95 Å². The van der Waals surface area contributed by atoms with Crippen LogP contribution in [-0.4, -0.2) is 75.6 Å². The Labute approximate surface area is 171 Å². The second kappa shape index (κ2) is 10.1. The third-order valence-electron chi connectivity index (χ3n) is 4.76. The number of nitrogens with zero attached hydrogens (tertiary/aromatic N) is 3. The fraction of sp³-hybridized carbons (Fsp3) is 0.500. The number of nitrogens with one attached hydrogen (secondary N) is 1. The van der Waals surface area contributed by atoms with Crippen LogP contribution in [0.2, 0.25) is 0 Å². The zero-order valence-electron chi connectivity index (χ0n) is 17.2. The van der Waals surface area contributed by atoms with Gasteiger partial charge in [0, 0.05) is 31.3 Å². The molecule has 0 unspecified atom stereocenters. The van der Waals surface area contributed by atoms with Crippen LogP contribution in [0.5, 0.6) is 17.2 Å². The number of nitrogens with two attached hydrogens (primary N) is 1. The molecule has 0 bridgehead atoms. The number of morpholine rings is 1. The van der Waals surface area contributed by atoms with Crippen molar-refractivity contribution in [3.63, 3.8) is 0 Å². The van der Waals surface area contributed by atoms with E-state index < -0.39 is 0 Å². The molecule has 9 nitrogen and oxygen atoms in total. The summed E-state index contributed by atoms with van der Waals surface area (Å²) < 4.78 is 21.6. The molecular formula is C20H29N5O4. The molecule has 158 valence electrons. The number of rotatable bonds is 9. The van der Waals surface area contributed by atoms with Crippen molar-refractivity contribution in [2.45, 2.75) is 6.42 Å². The molecule has 1 saturated heterocycles. The third kappa shape index (κ3) is 5.39. The molecule has 0 atom stereocenters. The smallest absolute Gasteiger partial charge is 0.222 e. The van der Waals surface area contributed by atoms with Crippen LogP contribution in [0.3, 0.4) is 0 Å². The second-order valence-electron chi connectivity index (χ2n) is 6.64. The summed E-state index contributed by atoms with van der Waals surface area (Å²) in [7, 11) is 4.73. The molecule has 1 aromatic heterocycles. The monoisotopic (exact) mass is 403 g/mol. The second-order valence-corrected chi connectivity index (χ2v) is 6.64. The van der Waals surface area contributed by atoms with Crippen LogP contribution < -0.4 is 25.3 Å². The molecule has 1 fully saturated rings. The molecule has 0 spiro atoms. The normalized spacial score (nSPS) is 14.4. The quantitative estimate of drug-likeness (QED) is 0.607. The van der Waals surface area contributed by atoms with Crippen molar-refractivity contribution in [3.05, 3.63) is 18.2 Å². The number of ether oxygens (including phenoxy) is 4. The van der Waals surface area contributed by atoms with Crippen molar-refractivity contribution in [2.24, 2.45) is 0 Å². The van der Waals surface area contributed by atoms with Crippen molar-refractivity contribution in [3.8, 4) is 28.5 Å². The van der Waals surface area contributed by atoms with Gasteiger partial charge in [-0.3, -0.25) is 4.90 Å². The number of hydrogen-bond donors (Lipinski definition) is 2. The van der Waals surface area contributed by atoms with E-state index in [1.165, 1.54) is 0 Å². The summed E-state index contributed by atoms with van der Waals surface area (Å²) in [5, 5.41) is 3.34. The summed E-state index contributed by atoms with van der Waals surface area (Å²) in [5.74, 6) is 2.52. The summed E-state index contributed by atoms with van der Waals surface area (Å²) in [6.45, 7) is 5.43. The molecule has 1 aromatic carbocycles. The van der Waals surface area contributed by atoms with Crippen LogP contribution in [0, 0.1) is 0 Å². The fourth-order valence-electron chi connectivity index (χ4n) is 3.28. The standard InChI is InChI=1S/C20H29N5O4/c1-26-16-11-14(12-17(27-2)19(16)28-3)15-13-18(24-20(21)23-15)22-5-4-6-25-7-9-29-10-8-25/h11-13H,4-10H2,1-3H3,(H3,21,22,23,24). The molecule has 9 heteroatoms. The number of aromatic nitrogens is 2. The zero-order chi connectivity index (χ0) is 20.6. The maximum atomic E-state index is 5.94. The topological polar surface area (TPSA) is 104 Å². The summed E-state index contributed by atoms with van der Waals surface area (Å²) in [5.41, 5.74) is 7.41. The zero-order valence-corrected chi connectivity index (χ0v) is 17.2. The lowest BCUT2D eigenvalue weighted by atomic mass is 10.1. The highest BCUT2D eigenvalue weighted by atomic mass is 16.5. The Kier molecular flexibility index (Phi) is 7.31. The predicted octanol–water partition coefficient (Wildman–Crippen LogP) is 1.89. The van der Waals surface area contributed by atoms with Gasteiger partial charge in [0.1, 0.15) is 5.82 Å². The van der Waals surface area contributed by atoms with Gasteiger partial charge in [0.05, 0.1) is 40.2 Å². The summed E-state index contributed by atoms with van der Waals surface area (Å²) in [6.07, 6.45) is 1.00. The minimum absolute atomic E-state index is 0.201. The highest BCUT2D eigenvalue weighted by molar-refractivity contribution is 5.71. The number of methoxy groups -OCH3 is 3. The highest BCUT2D eigenvalue weighted by Gasteiger charge is 2.16. The molecule has 0 amide bonds. The van der Waals surface area contributed by atoms with Gasteiger partial charge in [-0.1, -0.05) is 0 Å². The van der Waals surface area contributed by atoms with Crippen LogP contribution >= 0.6 is 0 Å². The molecule has 3 rings (SSSR count). The minimum Gasteiger partial charge on any atom is -0.493 e. The SMILES string of the molecule is COc1cc(-c2cc(NCCCN3CCOCC3)nc(N)n2)cc(OC)c1OC. The lowest BCUT2D eigenvalue weighted by molar-refractivity contribution is 0.0378. The Morgan fingerprint density at radius 1 is 1.03 bits per heavy atom. The van der Waals surface area contributed by atoms with Gasteiger partial charge in [0.15, 0.2) is 11.5 Å². The Hall–Kier alpha value is -2.78. The van der Waals surface area contributed by atoms with Crippen molar-refractivity contribution >= 4 is 11.8 Å². The van der Waals surface area contributed by atoms with E-state index in [0.717, 1.165) is 51.4 Å². The molecule has 0 aliphatic carbocycles. The van der Waals surface area contributed by atoms with Crippen molar-refractivity contribution in [1.29, 1.82) is 0 Å². The Bertz CT molecular complexity index is 786. The van der Waals surface area contributed by atoms with E-state index in [4.69, 9.17) is 24.7 Å². The van der Waals surface area contributed by atoms with E-state index in [2.05, 4.69) is 20.2 Å². The Balaban J connectivity index is 1.71. The van der Waals surface area contributed by atoms with E-state index in [9.17, 15) is 0 Å². The maximum Gasteiger partial charge on any atom is 0.222 e. The number of nitrogen functional groups attached to an aromatic ring is 1. The highest BCUT2D eigenvalue weighted by Crippen LogP contribution is 2.41. The van der Waals surface area contributed by atoms with Gasteiger partial charge in [-0.25, -0.2) is 4.98 Å². The van der Waals surface area contributed by atoms with Crippen molar-refractivity contribution in [2.75, 3.05) is 71.8 Å². The van der Waals surface area contributed by atoms with Crippen LogP contribution in [0.15, 0.2) is 18.2 Å². The molecule has 2 heterocycles. The molecule has 3 N–H and O–H groups in total. The first kappa shape index (κ1) is 20.9. The summed E-state index contributed by atoms with van der Waals surface area (Å²) in [6, 6.07) is 5.54. The average molecular weight is 403 g/mol. The minimum atomic E-state index is 0.201. The molecule has 2 aromatic rings. The van der Waals surface area contributed by atoms with E-state index in [1.54, 1.807) is 21.3 Å². The van der Waals surface area contributed by atoms with Gasteiger partial charge in [-0.05, 0) is 25.1 Å². The fourth-order valence-corrected chi connectivity index (χ4v) is 3.28. The van der Waals surface area contributed by atoms with E-state index in [0.29, 0.717) is 28.8 Å². The molecule has 0 radical (unpaired) electrons. The van der Waals surface area contributed by atoms with Gasteiger partial charge < -0.3 is 30.0 Å². The predicted molar refractivity (Wildman–Crippen MR) is 112 cm³/mol. The van der Waals surface area contributed by atoms with Crippen LogP contribution in [-0.2, 0) is 4.74 Å². The van der Waals surface area contributed by atoms with Gasteiger partial charge in [-0.2, -0.15) is 4.98 Å². The van der Waals surface area contributed by atoms with Crippen LogP contribution in [0.1, 0.15) is 6.42 Å².